The van der Waals surface area contributed by atoms with Crippen molar-refractivity contribution in [2.45, 2.75) is 77.4 Å². The van der Waals surface area contributed by atoms with Crippen molar-refractivity contribution < 1.29 is 18.6 Å². The third kappa shape index (κ3) is 7.16. The first-order chi connectivity index (χ1) is 28.7. The van der Waals surface area contributed by atoms with Gasteiger partial charge in [0.1, 0.15) is 11.6 Å². The molecule has 302 valence electrons. The van der Waals surface area contributed by atoms with E-state index >= 15 is 0 Å². The maximum absolute atomic E-state index is 13.4. The van der Waals surface area contributed by atoms with Gasteiger partial charge in [0.05, 0.1) is 47.4 Å². The molecule has 6 aromatic rings. The van der Waals surface area contributed by atoms with E-state index in [4.69, 9.17) is 4.74 Å². The highest BCUT2D eigenvalue weighted by Gasteiger charge is 2.48. The molecule has 0 unspecified atom stereocenters. The van der Waals surface area contributed by atoms with Crippen molar-refractivity contribution in [2.24, 2.45) is 22.7 Å². The Morgan fingerprint density at radius 3 is 1.56 bits per heavy atom. The first-order valence-corrected chi connectivity index (χ1v) is 20.7. The van der Waals surface area contributed by atoms with E-state index in [1.54, 1.807) is 36.7 Å². The minimum atomic E-state index is -0.514. The van der Waals surface area contributed by atoms with E-state index in [-0.39, 0.29) is 34.5 Å². The van der Waals surface area contributed by atoms with Gasteiger partial charge in [-0.1, -0.05) is 25.0 Å². The molecule has 4 aliphatic rings. The lowest BCUT2D eigenvalue weighted by Crippen LogP contribution is -2.40. The molecule has 2 fully saturated rings. The Balaban J connectivity index is 0.000000152. The smallest absolute Gasteiger partial charge is 0.123 e. The van der Waals surface area contributed by atoms with Gasteiger partial charge in [0.15, 0.2) is 0 Å². The number of benzene rings is 2. The summed E-state index contributed by atoms with van der Waals surface area (Å²) in [6.07, 6.45) is 23.4. The maximum Gasteiger partial charge on any atom is 0.123 e. The molecule has 59 heavy (non-hydrogen) atoms. The normalized spacial score (nSPS) is 24.2. The van der Waals surface area contributed by atoms with Gasteiger partial charge in [-0.15, -0.1) is 0 Å². The number of methoxy groups -OCH3 is 1. The highest BCUT2D eigenvalue weighted by molar-refractivity contribution is 5.62. The number of aliphatic hydroxyl groups excluding tert-OH is 1. The molecule has 4 aromatic heterocycles. The minimum absolute atomic E-state index is 0.0197. The Bertz CT molecular complexity index is 2480. The molecule has 0 aliphatic heterocycles. The lowest BCUT2D eigenvalue weighted by molar-refractivity contribution is -0.0115. The second kappa shape index (κ2) is 15.9. The van der Waals surface area contributed by atoms with Crippen LogP contribution in [-0.4, -0.2) is 41.7 Å². The van der Waals surface area contributed by atoms with E-state index in [0.717, 1.165) is 79.7 Å². The van der Waals surface area contributed by atoms with Crippen molar-refractivity contribution in [3.63, 3.8) is 0 Å². The van der Waals surface area contributed by atoms with Crippen molar-refractivity contribution in [3.8, 4) is 11.4 Å². The fourth-order valence-corrected chi connectivity index (χ4v) is 10.6. The predicted molar refractivity (Wildman–Crippen MR) is 224 cm³/mol. The largest absolute Gasteiger partial charge is 0.388 e. The Kier molecular flexibility index (Phi) is 10.5. The number of rotatable bonds is 7. The van der Waals surface area contributed by atoms with Gasteiger partial charge < -0.3 is 9.84 Å². The van der Waals surface area contributed by atoms with Crippen molar-refractivity contribution in [3.05, 3.63) is 166 Å². The SMILES string of the molecule is CO[C@@H](c1ccncc1)[C@H]1CCCC2=Cc3c(cnn3-c3ccc(F)cc3)C[C@@]21C.C[C@]12Cc3cnn(-c4ccc(F)cc4)c3C=C1CCC[C@@H]2[C@@H](O)c1ccncc1. The number of hydrogen-bond acceptors (Lipinski definition) is 6. The van der Waals surface area contributed by atoms with Crippen molar-refractivity contribution >= 4 is 12.2 Å². The first kappa shape index (κ1) is 38.9. The van der Waals surface area contributed by atoms with Gasteiger partial charge in [-0.05, 0) is 181 Å². The van der Waals surface area contributed by atoms with E-state index < -0.39 is 6.10 Å². The quantitative estimate of drug-likeness (QED) is 0.173. The highest BCUT2D eigenvalue weighted by atomic mass is 19.1. The van der Waals surface area contributed by atoms with Crippen LogP contribution >= 0.6 is 0 Å². The van der Waals surface area contributed by atoms with Crippen LogP contribution in [0.3, 0.4) is 0 Å². The molecule has 2 aromatic carbocycles. The molecule has 4 aliphatic carbocycles. The van der Waals surface area contributed by atoms with Crippen LogP contribution in [0.1, 0.15) is 98.2 Å². The number of halogens is 2. The lowest BCUT2D eigenvalue weighted by Gasteiger charge is -2.48. The zero-order chi connectivity index (χ0) is 40.7. The molecule has 0 spiro atoms. The Morgan fingerprint density at radius 1 is 0.644 bits per heavy atom. The zero-order valence-electron chi connectivity index (χ0n) is 33.8. The van der Waals surface area contributed by atoms with Crippen molar-refractivity contribution in [1.29, 1.82) is 0 Å². The molecule has 4 heterocycles. The van der Waals surface area contributed by atoms with Crippen LogP contribution in [0.2, 0.25) is 0 Å². The first-order valence-electron chi connectivity index (χ1n) is 20.7. The third-order valence-corrected chi connectivity index (χ3v) is 13.8. The second-order valence-corrected chi connectivity index (χ2v) is 17.1. The van der Waals surface area contributed by atoms with Gasteiger partial charge in [-0.3, -0.25) is 9.97 Å². The molecular formula is C49H50F2N6O2. The molecule has 10 heteroatoms. The number of nitrogens with zero attached hydrogens (tertiary/aromatic N) is 6. The van der Waals surface area contributed by atoms with Crippen molar-refractivity contribution in [2.75, 3.05) is 7.11 Å². The van der Waals surface area contributed by atoms with Crippen LogP contribution in [0.4, 0.5) is 8.78 Å². The van der Waals surface area contributed by atoms with Crippen LogP contribution in [0.5, 0.6) is 0 Å². The average molecular weight is 793 g/mol. The summed E-state index contributed by atoms with van der Waals surface area (Å²) >= 11 is 0. The fraction of sp³-hybridized carbons (Fsp3) is 0.347. The number of pyridine rings is 2. The van der Waals surface area contributed by atoms with Crippen LogP contribution in [0, 0.1) is 34.3 Å². The molecule has 6 atom stereocenters. The van der Waals surface area contributed by atoms with Gasteiger partial charge in [-0.2, -0.15) is 10.2 Å². The third-order valence-electron chi connectivity index (χ3n) is 13.8. The Morgan fingerprint density at radius 2 is 1.08 bits per heavy atom. The average Bonchev–Trinajstić information content (AvgIpc) is 3.86. The predicted octanol–water partition coefficient (Wildman–Crippen LogP) is 10.4. The minimum Gasteiger partial charge on any atom is -0.388 e. The summed E-state index contributed by atoms with van der Waals surface area (Å²) < 4.78 is 36.6. The van der Waals surface area contributed by atoms with Gasteiger partial charge in [0, 0.05) is 31.9 Å². The Hall–Kier alpha value is -5.58. The van der Waals surface area contributed by atoms with Gasteiger partial charge in [0.25, 0.3) is 0 Å². The lowest BCUT2D eigenvalue weighted by atomic mass is 9.57. The second-order valence-electron chi connectivity index (χ2n) is 17.1. The standard InChI is InChI=1S/C25H26FN3O.C24H24FN3O/c1-25-15-18-16-28-29(21-8-6-20(26)7-9-21)23(18)14-19(25)4-3-5-22(25)24(30-2)17-10-12-27-13-11-17;1-24-14-17-15-27-28(20-7-5-19(25)6-8-20)22(17)13-18(24)3-2-4-21(24)23(29)16-9-11-26-12-10-16/h6-14,16,22,24H,3-5,15H2,1-2H3;5-13,15,21,23,29H,2-4,14H2,1H3/t22-,24+,25+;21-,23+,24+/m11/s1. The van der Waals surface area contributed by atoms with Crippen LogP contribution in [-0.2, 0) is 17.6 Å². The number of allylic oxidation sites excluding steroid dienone is 2. The molecule has 1 N–H and O–H groups in total. The molecule has 8 nitrogen and oxygen atoms in total. The van der Waals surface area contributed by atoms with E-state index in [2.05, 4.69) is 58.3 Å². The van der Waals surface area contributed by atoms with Crippen LogP contribution in [0.25, 0.3) is 23.5 Å². The fourth-order valence-electron chi connectivity index (χ4n) is 10.6. The summed E-state index contributed by atoms with van der Waals surface area (Å²) in [7, 11) is 1.81. The molecular weight excluding hydrogens is 743 g/mol. The summed E-state index contributed by atoms with van der Waals surface area (Å²) in [5.41, 5.74) is 11.2. The summed E-state index contributed by atoms with van der Waals surface area (Å²) in [6, 6.07) is 20.9. The van der Waals surface area contributed by atoms with Gasteiger partial charge in [-0.25, -0.2) is 18.1 Å². The van der Waals surface area contributed by atoms with Gasteiger partial charge in [0.2, 0.25) is 0 Å². The Labute approximate surface area is 344 Å². The molecule has 2 saturated carbocycles. The highest BCUT2D eigenvalue weighted by Crippen LogP contribution is 2.56. The van der Waals surface area contributed by atoms with E-state index in [1.165, 1.54) is 52.1 Å². The monoisotopic (exact) mass is 792 g/mol. The van der Waals surface area contributed by atoms with Crippen molar-refractivity contribution in [1.82, 2.24) is 29.5 Å². The van der Waals surface area contributed by atoms with Crippen LogP contribution < -0.4 is 0 Å². The summed E-state index contributed by atoms with van der Waals surface area (Å²) in [6.45, 7) is 4.67. The van der Waals surface area contributed by atoms with E-state index in [9.17, 15) is 13.9 Å². The molecule has 0 saturated heterocycles. The maximum atomic E-state index is 13.4. The number of fused-ring (bicyclic) bond motifs is 4. The van der Waals surface area contributed by atoms with E-state index in [1.807, 2.05) is 53.4 Å². The molecule has 0 radical (unpaired) electrons. The summed E-state index contributed by atoms with van der Waals surface area (Å²) in [5.74, 6) is 0.0444. The molecule has 0 amide bonds. The summed E-state index contributed by atoms with van der Waals surface area (Å²) in [5, 5.41) is 20.4. The molecule has 0 bridgehead atoms. The number of hydrogen-bond donors (Lipinski definition) is 1. The zero-order valence-corrected chi connectivity index (χ0v) is 33.8. The van der Waals surface area contributed by atoms with Crippen LogP contribution in [0.15, 0.2) is 121 Å². The van der Waals surface area contributed by atoms with Gasteiger partial charge >= 0.3 is 0 Å². The number of aliphatic hydroxyl groups is 1. The number of aromatic nitrogens is 6. The number of ether oxygens (including phenoxy) is 1. The van der Waals surface area contributed by atoms with E-state index in [0.29, 0.717) is 5.92 Å². The summed E-state index contributed by atoms with van der Waals surface area (Å²) in [4.78, 5) is 8.25. The topological polar surface area (TPSA) is 90.9 Å². The molecule has 10 rings (SSSR count).